The van der Waals surface area contributed by atoms with E-state index in [0.29, 0.717) is 0 Å². The van der Waals surface area contributed by atoms with Gasteiger partial charge < -0.3 is 0 Å². The largest absolute Gasteiger partial charge is 0.248 e. The number of pyridine rings is 4. The van der Waals surface area contributed by atoms with Crippen molar-refractivity contribution in [2.45, 2.75) is 0 Å². The molecule has 0 atom stereocenters. The minimum atomic E-state index is 0.878. The van der Waals surface area contributed by atoms with E-state index < -0.39 is 0 Å². The van der Waals surface area contributed by atoms with Crippen molar-refractivity contribution in [1.82, 2.24) is 19.9 Å². The predicted molar refractivity (Wildman–Crippen MR) is 207 cm³/mol. The minimum Gasteiger partial charge on any atom is -0.248 e. The molecular weight excluding hydrogens is 609 g/mol. The molecule has 0 amide bonds. The van der Waals surface area contributed by atoms with Gasteiger partial charge in [-0.25, -0.2) is 19.9 Å². The van der Waals surface area contributed by atoms with E-state index in [9.17, 15) is 0 Å². The Morgan fingerprint density at radius 3 is 1.68 bits per heavy atom. The highest BCUT2D eigenvalue weighted by molar-refractivity contribution is 6.15. The van der Waals surface area contributed by atoms with Gasteiger partial charge in [-0.05, 0) is 47.2 Å². The van der Waals surface area contributed by atoms with Gasteiger partial charge in [-0.1, -0.05) is 133 Å². The first kappa shape index (κ1) is 28.3. The zero-order chi connectivity index (χ0) is 33.0. The molecule has 0 spiro atoms. The second kappa shape index (κ2) is 11.4. The number of fused-ring (bicyclic) bond motifs is 7. The van der Waals surface area contributed by atoms with Crippen LogP contribution in [0, 0.1) is 0 Å². The molecule has 0 fully saturated rings. The lowest BCUT2D eigenvalue weighted by Crippen LogP contribution is -1.96. The lowest BCUT2D eigenvalue weighted by molar-refractivity contribution is 1.31. The van der Waals surface area contributed by atoms with E-state index in [2.05, 4.69) is 152 Å². The number of para-hydroxylation sites is 1. The number of benzene rings is 6. The highest BCUT2D eigenvalue weighted by Crippen LogP contribution is 2.38. The van der Waals surface area contributed by atoms with Gasteiger partial charge in [0.15, 0.2) is 0 Å². The third kappa shape index (κ3) is 4.77. The molecular formula is C46H28N4. The molecule has 4 aromatic heterocycles. The Bertz CT molecular complexity index is 2860. The summed E-state index contributed by atoms with van der Waals surface area (Å²) in [6.07, 6.45) is 0. The molecule has 4 nitrogen and oxygen atoms in total. The first-order valence-corrected chi connectivity index (χ1v) is 16.8. The van der Waals surface area contributed by atoms with E-state index in [1.165, 1.54) is 10.8 Å². The van der Waals surface area contributed by atoms with Crippen molar-refractivity contribution in [3.05, 3.63) is 170 Å². The second-order valence-corrected chi connectivity index (χ2v) is 12.7. The SMILES string of the molecule is c1ccc(-c2cc(-c3nc4ccccc4c4nc5c(ccc6ccc(-c7ccc8ccccc8c7)nc65)cc34)cc(-c3ccccc3)n2)cc1. The maximum absolute atomic E-state index is 5.45. The Kier molecular flexibility index (Phi) is 6.46. The Labute approximate surface area is 288 Å². The van der Waals surface area contributed by atoms with Crippen LogP contribution in [0.4, 0.5) is 0 Å². The number of hydrogen-bond acceptors (Lipinski definition) is 4. The lowest BCUT2D eigenvalue weighted by Gasteiger charge is -2.14. The molecule has 0 unspecified atom stereocenters. The molecule has 0 bridgehead atoms. The van der Waals surface area contributed by atoms with Gasteiger partial charge in [0.2, 0.25) is 0 Å². The van der Waals surface area contributed by atoms with E-state index in [1.807, 2.05) is 18.2 Å². The van der Waals surface area contributed by atoms with Crippen molar-refractivity contribution in [1.29, 1.82) is 0 Å². The summed E-state index contributed by atoms with van der Waals surface area (Å²) in [7, 11) is 0. The number of nitrogens with zero attached hydrogens (tertiary/aromatic N) is 4. The molecule has 10 aromatic rings. The molecule has 6 aromatic carbocycles. The zero-order valence-electron chi connectivity index (χ0n) is 27.0. The fraction of sp³-hybridized carbons (Fsp3) is 0. The molecule has 0 saturated heterocycles. The summed E-state index contributed by atoms with van der Waals surface area (Å²) in [4.78, 5) is 21.1. The smallest absolute Gasteiger partial charge is 0.0972 e. The van der Waals surface area contributed by atoms with E-state index in [0.717, 1.165) is 88.6 Å². The maximum Gasteiger partial charge on any atom is 0.0972 e. The van der Waals surface area contributed by atoms with Crippen molar-refractivity contribution in [3.63, 3.8) is 0 Å². The van der Waals surface area contributed by atoms with Gasteiger partial charge in [-0.3, -0.25) is 0 Å². The topological polar surface area (TPSA) is 51.6 Å². The highest BCUT2D eigenvalue weighted by atomic mass is 14.8. The minimum absolute atomic E-state index is 0.878. The molecule has 4 heteroatoms. The summed E-state index contributed by atoms with van der Waals surface area (Å²) in [6.45, 7) is 0. The van der Waals surface area contributed by atoms with Gasteiger partial charge in [0.1, 0.15) is 0 Å². The van der Waals surface area contributed by atoms with Gasteiger partial charge in [-0.15, -0.1) is 0 Å². The fourth-order valence-corrected chi connectivity index (χ4v) is 7.07. The maximum atomic E-state index is 5.45. The van der Waals surface area contributed by atoms with Crippen molar-refractivity contribution >= 4 is 54.4 Å². The van der Waals surface area contributed by atoms with Crippen LogP contribution in [0.15, 0.2) is 170 Å². The van der Waals surface area contributed by atoms with Crippen LogP contribution in [0.5, 0.6) is 0 Å². The molecule has 4 heterocycles. The summed E-state index contributed by atoms with van der Waals surface area (Å²) < 4.78 is 0. The first-order valence-electron chi connectivity index (χ1n) is 16.8. The summed E-state index contributed by atoms with van der Waals surface area (Å²) in [6, 6.07) is 59.0. The Morgan fingerprint density at radius 2 is 0.900 bits per heavy atom. The van der Waals surface area contributed by atoms with Crippen molar-refractivity contribution in [2.24, 2.45) is 0 Å². The molecule has 0 aliphatic rings. The normalized spacial score (nSPS) is 11.6. The summed E-state index contributed by atoms with van der Waals surface area (Å²) in [5.74, 6) is 0. The number of rotatable bonds is 4. The lowest BCUT2D eigenvalue weighted by atomic mass is 9.98. The van der Waals surface area contributed by atoms with Crippen LogP contribution in [0.2, 0.25) is 0 Å². The third-order valence-electron chi connectivity index (χ3n) is 9.57. The van der Waals surface area contributed by atoms with E-state index in [1.54, 1.807) is 0 Å². The van der Waals surface area contributed by atoms with Crippen molar-refractivity contribution in [2.75, 3.05) is 0 Å². The van der Waals surface area contributed by atoms with E-state index >= 15 is 0 Å². The number of aromatic nitrogens is 4. The zero-order valence-corrected chi connectivity index (χ0v) is 27.0. The van der Waals surface area contributed by atoms with Crippen LogP contribution in [-0.4, -0.2) is 19.9 Å². The van der Waals surface area contributed by atoms with Crippen LogP contribution < -0.4 is 0 Å². The summed E-state index contributed by atoms with van der Waals surface area (Å²) in [5, 5.41) is 6.49. The van der Waals surface area contributed by atoms with Crippen LogP contribution in [0.1, 0.15) is 0 Å². The summed E-state index contributed by atoms with van der Waals surface area (Å²) in [5.41, 5.74) is 11.4. The quantitative estimate of drug-likeness (QED) is 0.142. The average Bonchev–Trinajstić information content (AvgIpc) is 3.20. The van der Waals surface area contributed by atoms with Gasteiger partial charge in [0.25, 0.3) is 0 Å². The van der Waals surface area contributed by atoms with Gasteiger partial charge in [0.05, 0.1) is 44.8 Å². The molecule has 0 aliphatic heterocycles. The van der Waals surface area contributed by atoms with Crippen molar-refractivity contribution < 1.29 is 0 Å². The van der Waals surface area contributed by atoms with Gasteiger partial charge in [-0.2, -0.15) is 0 Å². The van der Waals surface area contributed by atoms with Crippen LogP contribution in [0.25, 0.3) is 99.4 Å². The molecule has 50 heavy (non-hydrogen) atoms. The predicted octanol–water partition coefficient (Wildman–Crippen LogP) is 11.7. The monoisotopic (exact) mass is 636 g/mol. The van der Waals surface area contributed by atoms with Gasteiger partial charge in [0, 0.05) is 43.8 Å². The van der Waals surface area contributed by atoms with E-state index in [-0.39, 0.29) is 0 Å². The Hall–Kier alpha value is -6.78. The molecule has 10 rings (SSSR count). The van der Waals surface area contributed by atoms with E-state index in [4.69, 9.17) is 19.9 Å². The molecule has 0 radical (unpaired) electrons. The van der Waals surface area contributed by atoms with Gasteiger partial charge >= 0.3 is 0 Å². The molecule has 0 aliphatic carbocycles. The molecule has 232 valence electrons. The summed E-state index contributed by atoms with van der Waals surface area (Å²) >= 11 is 0. The van der Waals surface area contributed by atoms with Crippen LogP contribution >= 0.6 is 0 Å². The standard InChI is InChI=1S/C46H28N4/c1-3-12-30(13-4-1)41-27-36(28-42(47-41)31-14-5-2-6-15-31)43-38-26-35-22-20-32-23-24-39(34-21-19-29-11-7-8-16-33(29)25-34)48-44(32)45(35)50-46(38)37-17-9-10-18-40(37)49-43/h1-28H. The average molecular weight is 637 g/mol. The van der Waals surface area contributed by atoms with Crippen LogP contribution in [-0.2, 0) is 0 Å². The highest BCUT2D eigenvalue weighted by Gasteiger charge is 2.17. The Morgan fingerprint density at radius 1 is 0.280 bits per heavy atom. The molecule has 0 N–H and O–H groups in total. The third-order valence-corrected chi connectivity index (χ3v) is 9.57. The number of hydrogen-bond donors (Lipinski definition) is 0. The first-order chi connectivity index (χ1) is 24.7. The van der Waals surface area contributed by atoms with Crippen LogP contribution in [0.3, 0.4) is 0 Å². The molecule has 0 saturated carbocycles. The van der Waals surface area contributed by atoms with Crippen molar-refractivity contribution in [3.8, 4) is 45.0 Å². The Balaban J connectivity index is 1.23. The fourth-order valence-electron chi connectivity index (χ4n) is 7.07. The second-order valence-electron chi connectivity index (χ2n) is 12.7.